The molecule has 2 nitrogen and oxygen atoms in total. The van der Waals surface area contributed by atoms with Gasteiger partial charge in [-0.2, -0.15) is 0 Å². The quantitative estimate of drug-likeness (QED) is 0.577. The van der Waals surface area contributed by atoms with Crippen LogP contribution in [0.15, 0.2) is 42.5 Å². The minimum atomic E-state index is 0.194. The number of rotatable bonds is 3. The predicted molar refractivity (Wildman–Crippen MR) is 95.2 cm³/mol. The molecule has 3 heteroatoms. The van der Waals surface area contributed by atoms with Crippen molar-refractivity contribution in [2.24, 2.45) is 0 Å². The van der Waals surface area contributed by atoms with E-state index < -0.39 is 0 Å². The van der Waals surface area contributed by atoms with Crippen LogP contribution in [-0.4, -0.2) is 18.9 Å². The van der Waals surface area contributed by atoms with E-state index in [4.69, 9.17) is 0 Å². The van der Waals surface area contributed by atoms with E-state index in [2.05, 4.69) is 52.6 Å². The Morgan fingerprint density at radius 2 is 1.95 bits per heavy atom. The van der Waals surface area contributed by atoms with Gasteiger partial charge in [0.15, 0.2) is 5.78 Å². The van der Waals surface area contributed by atoms with Gasteiger partial charge in [-0.15, -0.1) is 0 Å². The van der Waals surface area contributed by atoms with Gasteiger partial charge in [0.1, 0.15) is 0 Å². The fourth-order valence-corrected chi connectivity index (χ4v) is 3.23. The van der Waals surface area contributed by atoms with E-state index in [-0.39, 0.29) is 5.78 Å². The maximum absolute atomic E-state index is 12.5. The van der Waals surface area contributed by atoms with Gasteiger partial charge in [-0.3, -0.25) is 4.79 Å². The van der Waals surface area contributed by atoms with Crippen LogP contribution in [0.1, 0.15) is 27.9 Å². The van der Waals surface area contributed by atoms with E-state index >= 15 is 0 Å². The Balaban J connectivity index is 1.80. The standard InChI is InChI=1S/C18H18INO/c1-13-4-9-17-15(11-13)3-2-10-20(17)12-18(21)14-5-7-16(19)8-6-14/h4-9,11H,2-3,10,12H2,1H3. The highest BCUT2D eigenvalue weighted by Crippen LogP contribution is 2.28. The van der Waals surface area contributed by atoms with Crippen LogP contribution in [0.3, 0.4) is 0 Å². The molecule has 2 aromatic rings. The van der Waals surface area contributed by atoms with Crippen LogP contribution in [0.2, 0.25) is 0 Å². The summed E-state index contributed by atoms with van der Waals surface area (Å²) in [7, 11) is 0. The third-order valence-corrected chi connectivity index (χ3v) is 4.67. The summed E-state index contributed by atoms with van der Waals surface area (Å²) in [6, 6.07) is 14.4. The van der Waals surface area contributed by atoms with Crippen molar-refractivity contribution in [3.63, 3.8) is 0 Å². The third kappa shape index (κ3) is 3.28. The molecular formula is C18H18INO. The molecule has 0 bridgehead atoms. The number of hydrogen-bond acceptors (Lipinski definition) is 2. The molecule has 0 spiro atoms. The Morgan fingerprint density at radius 1 is 1.19 bits per heavy atom. The maximum atomic E-state index is 12.5. The first kappa shape index (κ1) is 14.6. The SMILES string of the molecule is Cc1ccc2c(c1)CCCN2CC(=O)c1ccc(I)cc1. The molecule has 0 aliphatic carbocycles. The van der Waals surface area contributed by atoms with Crippen molar-refractivity contribution in [1.29, 1.82) is 0 Å². The van der Waals surface area contributed by atoms with Crippen molar-refractivity contribution in [2.45, 2.75) is 19.8 Å². The van der Waals surface area contributed by atoms with E-state index in [1.165, 1.54) is 16.8 Å². The molecule has 0 atom stereocenters. The number of Topliss-reactive ketones (excluding diaryl/α,β-unsaturated/α-hetero) is 1. The van der Waals surface area contributed by atoms with Gasteiger partial charge in [-0.1, -0.05) is 29.8 Å². The molecule has 0 radical (unpaired) electrons. The van der Waals surface area contributed by atoms with Gasteiger partial charge in [0.2, 0.25) is 0 Å². The molecule has 0 aromatic heterocycles. The average Bonchev–Trinajstić information content (AvgIpc) is 2.47. The molecule has 21 heavy (non-hydrogen) atoms. The molecule has 0 N–H and O–H groups in total. The molecule has 1 heterocycles. The van der Waals surface area contributed by atoms with Gasteiger partial charge in [0, 0.05) is 21.4 Å². The van der Waals surface area contributed by atoms with Crippen LogP contribution in [0.25, 0.3) is 0 Å². The summed E-state index contributed by atoms with van der Waals surface area (Å²) in [6.07, 6.45) is 2.24. The second kappa shape index (κ2) is 6.18. The van der Waals surface area contributed by atoms with Crippen molar-refractivity contribution in [3.05, 3.63) is 62.7 Å². The number of ketones is 1. The van der Waals surface area contributed by atoms with Crippen LogP contribution in [0.5, 0.6) is 0 Å². The highest BCUT2D eigenvalue weighted by molar-refractivity contribution is 14.1. The lowest BCUT2D eigenvalue weighted by molar-refractivity contribution is 0.0998. The van der Waals surface area contributed by atoms with Crippen LogP contribution in [0.4, 0.5) is 5.69 Å². The first-order valence-electron chi connectivity index (χ1n) is 7.27. The molecule has 0 unspecified atom stereocenters. The molecule has 0 saturated carbocycles. The minimum absolute atomic E-state index is 0.194. The van der Waals surface area contributed by atoms with E-state index in [1.807, 2.05) is 24.3 Å². The summed E-state index contributed by atoms with van der Waals surface area (Å²) in [5, 5.41) is 0. The Kier molecular flexibility index (Phi) is 4.29. The first-order chi connectivity index (χ1) is 10.1. The molecule has 1 aliphatic heterocycles. The lowest BCUT2D eigenvalue weighted by Gasteiger charge is -2.31. The van der Waals surface area contributed by atoms with Gasteiger partial charge in [-0.05, 0) is 66.1 Å². The second-order valence-electron chi connectivity index (χ2n) is 5.59. The number of fused-ring (bicyclic) bond motifs is 1. The Hall–Kier alpha value is -1.36. The van der Waals surface area contributed by atoms with Crippen molar-refractivity contribution in [3.8, 4) is 0 Å². The highest BCUT2D eigenvalue weighted by atomic mass is 127. The second-order valence-corrected chi connectivity index (χ2v) is 6.83. The number of halogens is 1. The van der Waals surface area contributed by atoms with E-state index in [0.717, 1.165) is 28.5 Å². The summed E-state index contributed by atoms with van der Waals surface area (Å²) in [5.74, 6) is 0.194. The average molecular weight is 391 g/mol. The molecule has 3 rings (SSSR count). The molecule has 0 fully saturated rings. The summed E-state index contributed by atoms with van der Waals surface area (Å²) in [5.41, 5.74) is 4.69. The smallest absolute Gasteiger partial charge is 0.182 e. The number of benzene rings is 2. The van der Waals surface area contributed by atoms with E-state index in [1.54, 1.807) is 0 Å². The summed E-state index contributed by atoms with van der Waals surface area (Å²) >= 11 is 2.26. The van der Waals surface area contributed by atoms with Gasteiger partial charge in [0.25, 0.3) is 0 Å². The van der Waals surface area contributed by atoms with Crippen LogP contribution < -0.4 is 4.90 Å². The van der Waals surface area contributed by atoms with Crippen LogP contribution >= 0.6 is 22.6 Å². The third-order valence-electron chi connectivity index (χ3n) is 3.95. The zero-order valence-corrected chi connectivity index (χ0v) is 14.3. The van der Waals surface area contributed by atoms with Crippen molar-refractivity contribution >= 4 is 34.1 Å². The number of anilines is 1. The summed E-state index contributed by atoms with van der Waals surface area (Å²) < 4.78 is 1.16. The van der Waals surface area contributed by atoms with Gasteiger partial charge >= 0.3 is 0 Å². The molecule has 2 aromatic carbocycles. The molecule has 0 amide bonds. The monoisotopic (exact) mass is 391 g/mol. The van der Waals surface area contributed by atoms with Crippen LogP contribution in [0, 0.1) is 10.5 Å². The fraction of sp³-hybridized carbons (Fsp3) is 0.278. The first-order valence-corrected chi connectivity index (χ1v) is 8.34. The van der Waals surface area contributed by atoms with Gasteiger partial charge < -0.3 is 4.90 Å². The molecule has 0 saturated heterocycles. The number of carbonyl (C=O) groups is 1. The number of carbonyl (C=O) groups excluding carboxylic acids is 1. The van der Waals surface area contributed by atoms with Crippen molar-refractivity contribution in [1.82, 2.24) is 0 Å². The maximum Gasteiger partial charge on any atom is 0.182 e. The highest BCUT2D eigenvalue weighted by Gasteiger charge is 2.19. The number of nitrogens with zero attached hydrogens (tertiary/aromatic N) is 1. The minimum Gasteiger partial charge on any atom is -0.364 e. The normalized spacial score (nSPS) is 13.9. The van der Waals surface area contributed by atoms with Crippen molar-refractivity contribution in [2.75, 3.05) is 18.0 Å². The summed E-state index contributed by atoms with van der Waals surface area (Å²) in [6.45, 7) is 3.55. The Morgan fingerprint density at radius 3 is 2.71 bits per heavy atom. The van der Waals surface area contributed by atoms with Gasteiger partial charge in [-0.25, -0.2) is 0 Å². The zero-order valence-electron chi connectivity index (χ0n) is 12.1. The molecule has 108 valence electrons. The lowest BCUT2D eigenvalue weighted by Crippen LogP contribution is -2.34. The number of aryl methyl sites for hydroxylation is 2. The topological polar surface area (TPSA) is 20.3 Å². The predicted octanol–water partition coefficient (Wildman–Crippen LogP) is 4.24. The molecule has 1 aliphatic rings. The fourth-order valence-electron chi connectivity index (χ4n) is 2.87. The van der Waals surface area contributed by atoms with E-state index in [0.29, 0.717) is 6.54 Å². The van der Waals surface area contributed by atoms with Crippen LogP contribution in [-0.2, 0) is 6.42 Å². The Bertz CT molecular complexity index is 663. The zero-order chi connectivity index (χ0) is 14.8. The Labute approximate surface area is 139 Å². The largest absolute Gasteiger partial charge is 0.364 e. The lowest BCUT2D eigenvalue weighted by atomic mass is 9.99. The van der Waals surface area contributed by atoms with Crippen molar-refractivity contribution < 1.29 is 4.79 Å². The van der Waals surface area contributed by atoms with E-state index in [9.17, 15) is 4.79 Å². The van der Waals surface area contributed by atoms with Gasteiger partial charge in [0.05, 0.1) is 6.54 Å². The summed E-state index contributed by atoms with van der Waals surface area (Å²) in [4.78, 5) is 14.7. The number of hydrogen-bond donors (Lipinski definition) is 0. The molecular weight excluding hydrogens is 373 g/mol.